The second-order valence-electron chi connectivity index (χ2n) is 4.43. The number of hydrogen-bond acceptors (Lipinski definition) is 3. The molecule has 0 aromatic heterocycles. The topological polar surface area (TPSA) is 32.7 Å². The summed E-state index contributed by atoms with van der Waals surface area (Å²) in [6.07, 6.45) is 0.279. The molecule has 4 heteroatoms. The highest BCUT2D eigenvalue weighted by Gasteiger charge is 2.15. The Morgan fingerprint density at radius 1 is 1.41 bits per heavy atom. The van der Waals surface area contributed by atoms with Crippen molar-refractivity contribution in [2.45, 2.75) is 19.4 Å². The molecule has 1 aromatic carbocycles. The minimum absolute atomic E-state index is 0.353. The molecule has 2 rings (SSSR count). The Hall–Kier alpha value is -0.770. The van der Waals surface area contributed by atoms with Gasteiger partial charge in [0.2, 0.25) is 0 Å². The fourth-order valence-electron chi connectivity index (χ4n) is 2.15. The van der Waals surface area contributed by atoms with Crippen LogP contribution in [-0.4, -0.2) is 37.5 Å². The van der Waals surface area contributed by atoms with Gasteiger partial charge < -0.3 is 14.7 Å². The lowest BCUT2D eigenvalue weighted by Crippen LogP contribution is -2.37. The number of morpholine rings is 1. The highest BCUT2D eigenvalue weighted by Crippen LogP contribution is 2.26. The lowest BCUT2D eigenvalue weighted by molar-refractivity contribution is 0.122. The van der Waals surface area contributed by atoms with Gasteiger partial charge in [0.05, 0.1) is 19.3 Å². The van der Waals surface area contributed by atoms with Crippen LogP contribution in [0.15, 0.2) is 18.2 Å². The number of benzene rings is 1. The molecule has 17 heavy (non-hydrogen) atoms. The van der Waals surface area contributed by atoms with Gasteiger partial charge in [-0.3, -0.25) is 0 Å². The van der Waals surface area contributed by atoms with Crippen LogP contribution < -0.4 is 4.90 Å². The largest absolute Gasteiger partial charge is 0.393 e. The molecule has 0 bridgehead atoms. The van der Waals surface area contributed by atoms with E-state index in [4.69, 9.17) is 16.3 Å². The predicted molar refractivity (Wildman–Crippen MR) is 69.9 cm³/mol. The van der Waals surface area contributed by atoms with Gasteiger partial charge in [0.1, 0.15) is 0 Å². The van der Waals surface area contributed by atoms with Gasteiger partial charge >= 0.3 is 0 Å². The van der Waals surface area contributed by atoms with Crippen LogP contribution in [0.1, 0.15) is 12.5 Å². The highest BCUT2D eigenvalue weighted by atomic mass is 35.5. The third-order valence-electron chi connectivity index (χ3n) is 2.91. The van der Waals surface area contributed by atoms with E-state index in [0.29, 0.717) is 6.42 Å². The normalized spacial score (nSPS) is 18.2. The molecule has 1 N–H and O–H groups in total. The number of aliphatic hydroxyl groups is 1. The number of nitrogens with zero attached hydrogens (tertiary/aromatic N) is 1. The van der Waals surface area contributed by atoms with Crippen molar-refractivity contribution in [3.05, 3.63) is 28.8 Å². The van der Waals surface area contributed by atoms with Crippen molar-refractivity contribution < 1.29 is 9.84 Å². The molecular formula is C13H18ClNO2. The molecule has 0 radical (unpaired) electrons. The monoisotopic (exact) mass is 255 g/mol. The first-order valence-electron chi connectivity index (χ1n) is 5.96. The van der Waals surface area contributed by atoms with Crippen LogP contribution in [0, 0.1) is 0 Å². The van der Waals surface area contributed by atoms with Gasteiger partial charge in [-0.2, -0.15) is 0 Å². The maximum atomic E-state index is 9.53. The Labute approximate surface area is 107 Å². The van der Waals surface area contributed by atoms with Crippen molar-refractivity contribution in [2.24, 2.45) is 0 Å². The molecule has 0 aliphatic carbocycles. The quantitative estimate of drug-likeness (QED) is 0.898. The van der Waals surface area contributed by atoms with Crippen molar-refractivity contribution in [1.82, 2.24) is 0 Å². The Morgan fingerprint density at radius 3 is 2.76 bits per heavy atom. The number of anilines is 1. The second-order valence-corrected chi connectivity index (χ2v) is 4.86. The summed E-state index contributed by atoms with van der Waals surface area (Å²) >= 11 is 6.01. The number of rotatable bonds is 3. The van der Waals surface area contributed by atoms with E-state index in [1.54, 1.807) is 6.92 Å². The van der Waals surface area contributed by atoms with Gasteiger partial charge in [-0.15, -0.1) is 0 Å². The summed E-state index contributed by atoms with van der Waals surface area (Å²) in [7, 11) is 0. The zero-order valence-corrected chi connectivity index (χ0v) is 10.8. The SMILES string of the molecule is CC(O)Cc1cc(Cl)ccc1N1CCOCC1. The predicted octanol–water partition coefficient (Wildman–Crippen LogP) is 2.10. The van der Waals surface area contributed by atoms with Crippen LogP contribution >= 0.6 is 11.6 Å². The lowest BCUT2D eigenvalue weighted by Gasteiger charge is -2.31. The molecule has 1 heterocycles. The van der Waals surface area contributed by atoms with E-state index in [1.807, 2.05) is 18.2 Å². The van der Waals surface area contributed by atoms with E-state index in [0.717, 1.165) is 36.9 Å². The zero-order valence-electron chi connectivity index (χ0n) is 10.0. The van der Waals surface area contributed by atoms with Gasteiger partial charge in [-0.05, 0) is 30.7 Å². The fourth-order valence-corrected chi connectivity index (χ4v) is 2.34. The smallest absolute Gasteiger partial charge is 0.0642 e. The molecule has 1 aromatic rings. The summed E-state index contributed by atoms with van der Waals surface area (Å²) in [4.78, 5) is 2.29. The molecule has 1 fully saturated rings. The van der Waals surface area contributed by atoms with Gasteiger partial charge in [-0.25, -0.2) is 0 Å². The average Bonchev–Trinajstić information content (AvgIpc) is 2.29. The minimum Gasteiger partial charge on any atom is -0.393 e. The number of ether oxygens (including phenoxy) is 1. The Morgan fingerprint density at radius 2 is 2.12 bits per heavy atom. The molecule has 1 unspecified atom stereocenters. The van der Waals surface area contributed by atoms with E-state index >= 15 is 0 Å². The van der Waals surface area contributed by atoms with E-state index in [-0.39, 0.29) is 6.10 Å². The second kappa shape index (κ2) is 5.71. The molecule has 0 spiro atoms. The summed E-state index contributed by atoms with van der Waals surface area (Å²) in [5, 5.41) is 10.3. The van der Waals surface area contributed by atoms with Crippen LogP contribution in [0.2, 0.25) is 5.02 Å². The summed E-state index contributed by atoms with van der Waals surface area (Å²) in [6, 6.07) is 5.88. The first-order chi connectivity index (χ1) is 8.16. The van der Waals surface area contributed by atoms with E-state index in [2.05, 4.69) is 4.90 Å². The third kappa shape index (κ3) is 3.35. The van der Waals surface area contributed by atoms with Gasteiger partial charge in [0, 0.05) is 30.2 Å². The minimum atomic E-state index is -0.353. The van der Waals surface area contributed by atoms with Crippen LogP contribution in [0.5, 0.6) is 0 Å². The van der Waals surface area contributed by atoms with Crippen molar-refractivity contribution in [1.29, 1.82) is 0 Å². The Balaban J connectivity index is 2.24. The van der Waals surface area contributed by atoms with E-state index < -0.39 is 0 Å². The highest BCUT2D eigenvalue weighted by molar-refractivity contribution is 6.30. The number of halogens is 1. The molecule has 0 saturated carbocycles. The number of aliphatic hydroxyl groups excluding tert-OH is 1. The van der Waals surface area contributed by atoms with Gasteiger partial charge in [0.15, 0.2) is 0 Å². The van der Waals surface area contributed by atoms with Crippen LogP contribution in [-0.2, 0) is 11.2 Å². The number of hydrogen-bond donors (Lipinski definition) is 1. The first kappa shape index (κ1) is 12.7. The maximum absolute atomic E-state index is 9.53. The molecule has 1 atom stereocenters. The zero-order chi connectivity index (χ0) is 12.3. The summed E-state index contributed by atoms with van der Waals surface area (Å²) < 4.78 is 5.35. The Kier molecular flexibility index (Phi) is 4.26. The molecule has 94 valence electrons. The van der Waals surface area contributed by atoms with Crippen LogP contribution in [0.25, 0.3) is 0 Å². The van der Waals surface area contributed by atoms with E-state index in [1.165, 1.54) is 5.69 Å². The first-order valence-corrected chi connectivity index (χ1v) is 6.34. The van der Waals surface area contributed by atoms with E-state index in [9.17, 15) is 5.11 Å². The molecule has 0 amide bonds. The molecular weight excluding hydrogens is 238 g/mol. The van der Waals surface area contributed by atoms with Crippen LogP contribution in [0.4, 0.5) is 5.69 Å². The average molecular weight is 256 g/mol. The van der Waals surface area contributed by atoms with Gasteiger partial charge in [-0.1, -0.05) is 11.6 Å². The summed E-state index contributed by atoms with van der Waals surface area (Å²) in [5.74, 6) is 0. The van der Waals surface area contributed by atoms with Gasteiger partial charge in [0.25, 0.3) is 0 Å². The molecule has 1 aliphatic heterocycles. The summed E-state index contributed by atoms with van der Waals surface area (Å²) in [5.41, 5.74) is 2.27. The molecule has 3 nitrogen and oxygen atoms in total. The van der Waals surface area contributed by atoms with Crippen molar-refractivity contribution in [2.75, 3.05) is 31.2 Å². The Bertz CT molecular complexity index is 376. The molecule has 1 saturated heterocycles. The summed E-state index contributed by atoms with van der Waals surface area (Å²) in [6.45, 7) is 5.11. The third-order valence-corrected chi connectivity index (χ3v) is 3.14. The molecule has 1 aliphatic rings. The standard InChI is InChI=1S/C13H18ClNO2/c1-10(16)8-11-9-12(14)2-3-13(11)15-4-6-17-7-5-15/h2-3,9-10,16H,4-8H2,1H3. The lowest BCUT2D eigenvalue weighted by atomic mass is 10.1. The maximum Gasteiger partial charge on any atom is 0.0642 e. The van der Waals surface area contributed by atoms with Crippen molar-refractivity contribution in [3.63, 3.8) is 0 Å². The fraction of sp³-hybridized carbons (Fsp3) is 0.538. The van der Waals surface area contributed by atoms with Crippen molar-refractivity contribution in [3.8, 4) is 0 Å². The van der Waals surface area contributed by atoms with Crippen LogP contribution in [0.3, 0.4) is 0 Å². The van der Waals surface area contributed by atoms with Crippen molar-refractivity contribution >= 4 is 17.3 Å².